The van der Waals surface area contributed by atoms with Gasteiger partial charge >= 0.3 is 0 Å². The predicted molar refractivity (Wildman–Crippen MR) is 28.7 cm³/mol. The van der Waals surface area contributed by atoms with E-state index in [9.17, 15) is 4.39 Å². The zero-order valence-corrected chi connectivity index (χ0v) is 4.66. The minimum Gasteiger partial charge on any atom is -0.203 e. The second-order valence-electron chi connectivity index (χ2n) is 1.19. The van der Waals surface area contributed by atoms with E-state index in [2.05, 4.69) is 5.73 Å². The van der Waals surface area contributed by atoms with Crippen molar-refractivity contribution in [3.05, 3.63) is 17.6 Å². The Kier molecular flexibility index (Phi) is 3.35. The van der Waals surface area contributed by atoms with Crippen LogP contribution in [0.2, 0.25) is 0 Å². The van der Waals surface area contributed by atoms with Crippen LogP contribution in [0.25, 0.3) is 0 Å². The molecule has 0 aliphatic carbocycles. The fourth-order valence-corrected chi connectivity index (χ4v) is 0.259. The molecular weight excluding hydrogens is 91.1 g/mol. The molecule has 0 nitrogen and oxygen atoms in total. The van der Waals surface area contributed by atoms with E-state index in [-0.39, 0.29) is 5.83 Å². The Balaban J connectivity index is 3.74. The third-order valence-corrected chi connectivity index (χ3v) is 0.611. The molecule has 0 bridgehead atoms. The first-order valence-corrected chi connectivity index (χ1v) is 2.37. The van der Waals surface area contributed by atoms with Gasteiger partial charge in [0.15, 0.2) is 0 Å². The number of allylic oxidation sites excluding steroid dienone is 1. The average Bonchev–Trinajstić information content (AvgIpc) is 1.68. The number of rotatable bonds is 1. The highest BCUT2D eigenvalue weighted by atomic mass is 19.1. The molecule has 0 amide bonds. The van der Waals surface area contributed by atoms with Gasteiger partial charge in [-0.2, -0.15) is 0 Å². The van der Waals surface area contributed by atoms with Gasteiger partial charge in [0.05, 0.1) is 0 Å². The molecular formula is C6H9F. The van der Waals surface area contributed by atoms with E-state index in [1.165, 1.54) is 0 Å². The van der Waals surface area contributed by atoms with Gasteiger partial charge in [-0.15, -0.1) is 0 Å². The molecule has 0 heterocycles. The molecule has 0 saturated carbocycles. The minimum absolute atomic E-state index is 0.178. The minimum atomic E-state index is -0.178. The lowest BCUT2D eigenvalue weighted by atomic mass is 10.4. The van der Waals surface area contributed by atoms with Gasteiger partial charge < -0.3 is 0 Å². The third kappa shape index (κ3) is 3.28. The topological polar surface area (TPSA) is 0 Å². The smallest absolute Gasteiger partial charge is 0.141 e. The van der Waals surface area contributed by atoms with Gasteiger partial charge in [0.2, 0.25) is 0 Å². The summed E-state index contributed by atoms with van der Waals surface area (Å²) in [5, 5.41) is 0. The average molecular weight is 100 g/mol. The Hall–Kier alpha value is -0.550. The zero-order valence-electron chi connectivity index (χ0n) is 4.66. The molecule has 0 aromatic heterocycles. The van der Waals surface area contributed by atoms with Crippen molar-refractivity contribution < 1.29 is 4.39 Å². The van der Waals surface area contributed by atoms with Crippen molar-refractivity contribution in [3.63, 3.8) is 0 Å². The molecule has 0 rings (SSSR count). The van der Waals surface area contributed by atoms with Gasteiger partial charge in [-0.25, -0.2) is 4.39 Å². The van der Waals surface area contributed by atoms with Crippen molar-refractivity contribution in [3.8, 4) is 0 Å². The highest BCUT2D eigenvalue weighted by Crippen LogP contribution is 1.96. The van der Waals surface area contributed by atoms with Crippen LogP contribution in [0.3, 0.4) is 0 Å². The number of hydrogen-bond acceptors (Lipinski definition) is 0. The number of halogens is 1. The maximum Gasteiger partial charge on any atom is 0.141 e. The summed E-state index contributed by atoms with van der Waals surface area (Å²) < 4.78 is 11.9. The van der Waals surface area contributed by atoms with E-state index >= 15 is 0 Å². The van der Waals surface area contributed by atoms with E-state index in [1.807, 2.05) is 0 Å². The Morgan fingerprint density at radius 3 is 2.57 bits per heavy atom. The largest absolute Gasteiger partial charge is 0.203 e. The zero-order chi connectivity index (χ0) is 5.70. The van der Waals surface area contributed by atoms with Crippen molar-refractivity contribution in [2.45, 2.75) is 20.3 Å². The van der Waals surface area contributed by atoms with Gasteiger partial charge in [0.1, 0.15) is 5.83 Å². The van der Waals surface area contributed by atoms with Crippen molar-refractivity contribution in [1.82, 2.24) is 0 Å². The van der Waals surface area contributed by atoms with E-state index in [4.69, 9.17) is 0 Å². The summed E-state index contributed by atoms with van der Waals surface area (Å²) in [5.41, 5.74) is 2.42. The second-order valence-corrected chi connectivity index (χ2v) is 1.19. The monoisotopic (exact) mass is 100 g/mol. The molecule has 0 fully saturated rings. The summed E-state index contributed by atoms with van der Waals surface area (Å²) in [6.45, 7) is 3.50. The van der Waals surface area contributed by atoms with Crippen LogP contribution in [-0.2, 0) is 0 Å². The lowest BCUT2D eigenvalue weighted by Crippen LogP contribution is -1.59. The highest BCUT2D eigenvalue weighted by Gasteiger charge is 1.79. The summed E-state index contributed by atoms with van der Waals surface area (Å²) in [4.78, 5) is 0. The molecule has 0 aromatic carbocycles. The van der Waals surface area contributed by atoms with Crippen LogP contribution in [0.4, 0.5) is 4.39 Å². The SMILES string of the molecule is CC=C=C(F)CC. The summed E-state index contributed by atoms with van der Waals surface area (Å²) in [6.07, 6.45) is 2.02. The maximum absolute atomic E-state index is 11.9. The molecule has 0 saturated heterocycles. The molecule has 0 aliphatic rings. The van der Waals surface area contributed by atoms with Gasteiger partial charge in [0.25, 0.3) is 0 Å². The van der Waals surface area contributed by atoms with Gasteiger partial charge in [-0.1, -0.05) is 12.7 Å². The predicted octanol–water partition coefficient (Wildman–Crippen LogP) is 2.42. The third-order valence-electron chi connectivity index (χ3n) is 0.611. The fourth-order valence-electron chi connectivity index (χ4n) is 0.259. The van der Waals surface area contributed by atoms with E-state index in [1.54, 1.807) is 19.9 Å². The van der Waals surface area contributed by atoms with E-state index < -0.39 is 0 Å². The molecule has 0 spiro atoms. The van der Waals surface area contributed by atoms with E-state index in [0.29, 0.717) is 6.42 Å². The first kappa shape index (κ1) is 6.45. The van der Waals surface area contributed by atoms with Crippen molar-refractivity contribution in [2.24, 2.45) is 0 Å². The Labute approximate surface area is 43.4 Å². The maximum atomic E-state index is 11.9. The van der Waals surface area contributed by atoms with Crippen LogP contribution in [0.5, 0.6) is 0 Å². The van der Waals surface area contributed by atoms with Crippen molar-refractivity contribution in [1.29, 1.82) is 0 Å². The summed E-state index contributed by atoms with van der Waals surface area (Å²) >= 11 is 0. The van der Waals surface area contributed by atoms with Crippen LogP contribution in [0.15, 0.2) is 17.6 Å². The summed E-state index contributed by atoms with van der Waals surface area (Å²) in [5.74, 6) is -0.178. The van der Waals surface area contributed by atoms with Crippen molar-refractivity contribution in [2.75, 3.05) is 0 Å². The van der Waals surface area contributed by atoms with Gasteiger partial charge in [-0.05, 0) is 13.0 Å². The Bertz CT molecular complexity index is 96.7. The van der Waals surface area contributed by atoms with Crippen LogP contribution < -0.4 is 0 Å². The first-order valence-electron chi connectivity index (χ1n) is 2.37. The molecule has 7 heavy (non-hydrogen) atoms. The lowest BCUT2D eigenvalue weighted by molar-refractivity contribution is 0.606. The molecule has 1 heteroatoms. The van der Waals surface area contributed by atoms with Crippen LogP contribution >= 0.6 is 0 Å². The van der Waals surface area contributed by atoms with Crippen LogP contribution in [0.1, 0.15) is 20.3 Å². The van der Waals surface area contributed by atoms with Crippen LogP contribution in [-0.4, -0.2) is 0 Å². The Morgan fingerprint density at radius 1 is 1.86 bits per heavy atom. The fraction of sp³-hybridized carbons (Fsp3) is 0.500. The molecule has 0 aromatic rings. The molecule has 40 valence electrons. The quantitative estimate of drug-likeness (QED) is 0.444. The molecule has 0 atom stereocenters. The second kappa shape index (κ2) is 3.63. The molecule has 0 N–H and O–H groups in total. The van der Waals surface area contributed by atoms with Crippen LogP contribution in [0, 0.1) is 0 Å². The Morgan fingerprint density at radius 2 is 2.43 bits per heavy atom. The standard InChI is InChI=1S/C6H9F/c1-3-5-6(7)4-2/h3H,4H2,1-2H3. The van der Waals surface area contributed by atoms with E-state index in [0.717, 1.165) is 0 Å². The lowest BCUT2D eigenvalue weighted by Gasteiger charge is -1.76. The normalized spacial score (nSPS) is 7.29. The first-order chi connectivity index (χ1) is 3.31. The molecule has 0 aliphatic heterocycles. The molecule has 0 radical (unpaired) electrons. The highest BCUT2D eigenvalue weighted by molar-refractivity contribution is 4.88. The van der Waals surface area contributed by atoms with Gasteiger partial charge in [-0.3, -0.25) is 0 Å². The summed E-state index contributed by atoms with van der Waals surface area (Å²) in [6, 6.07) is 0. The molecule has 0 unspecified atom stereocenters. The number of hydrogen-bond donors (Lipinski definition) is 0. The van der Waals surface area contributed by atoms with Gasteiger partial charge in [0, 0.05) is 6.42 Å². The van der Waals surface area contributed by atoms with Crippen molar-refractivity contribution >= 4 is 0 Å². The summed E-state index contributed by atoms with van der Waals surface area (Å²) in [7, 11) is 0.